The molecule has 7 heteroatoms. The number of hydrogen-bond donors (Lipinski definition) is 0. The first-order valence-corrected chi connectivity index (χ1v) is 11.5. The van der Waals surface area contributed by atoms with Crippen molar-refractivity contribution in [3.05, 3.63) is 71.0 Å². The monoisotopic (exact) mass is 438 g/mol. The SMILES string of the molecule is Cn1c(SCc2csc(-c3ccc(F)cc3)n2)nnc1-c1ccc(C(C)(C)C)cc1. The fourth-order valence-corrected chi connectivity index (χ4v) is 4.78. The molecular formula is C23H23FN4S2. The molecule has 30 heavy (non-hydrogen) atoms. The number of rotatable bonds is 5. The zero-order valence-corrected chi connectivity index (χ0v) is 19.0. The van der Waals surface area contributed by atoms with E-state index in [1.807, 2.05) is 17.0 Å². The van der Waals surface area contributed by atoms with Crippen LogP contribution < -0.4 is 0 Å². The first-order valence-electron chi connectivity index (χ1n) is 9.65. The molecule has 0 radical (unpaired) electrons. The number of thioether (sulfide) groups is 1. The van der Waals surface area contributed by atoms with Crippen LogP contribution in [-0.2, 0) is 18.2 Å². The zero-order valence-electron chi connectivity index (χ0n) is 17.4. The molecule has 0 spiro atoms. The second-order valence-electron chi connectivity index (χ2n) is 8.13. The number of thiazole rings is 1. The molecule has 154 valence electrons. The van der Waals surface area contributed by atoms with Gasteiger partial charge in [0.05, 0.1) is 5.69 Å². The van der Waals surface area contributed by atoms with Gasteiger partial charge in [0.25, 0.3) is 0 Å². The highest BCUT2D eigenvalue weighted by molar-refractivity contribution is 7.98. The molecule has 4 aromatic rings. The Morgan fingerprint density at radius 3 is 2.30 bits per heavy atom. The Morgan fingerprint density at radius 2 is 1.63 bits per heavy atom. The lowest BCUT2D eigenvalue weighted by atomic mass is 9.87. The van der Waals surface area contributed by atoms with Gasteiger partial charge >= 0.3 is 0 Å². The summed E-state index contributed by atoms with van der Waals surface area (Å²) in [5, 5.41) is 12.5. The molecule has 2 aromatic carbocycles. The van der Waals surface area contributed by atoms with E-state index in [1.165, 1.54) is 17.7 Å². The van der Waals surface area contributed by atoms with Gasteiger partial charge in [0.1, 0.15) is 10.8 Å². The van der Waals surface area contributed by atoms with Crippen LogP contribution in [-0.4, -0.2) is 19.7 Å². The second-order valence-corrected chi connectivity index (χ2v) is 9.93. The predicted molar refractivity (Wildman–Crippen MR) is 122 cm³/mol. The molecule has 4 rings (SSSR count). The van der Waals surface area contributed by atoms with Gasteiger partial charge < -0.3 is 4.57 Å². The Balaban J connectivity index is 1.45. The van der Waals surface area contributed by atoms with E-state index >= 15 is 0 Å². The average Bonchev–Trinajstić information content (AvgIpc) is 3.33. The van der Waals surface area contributed by atoms with E-state index < -0.39 is 0 Å². The van der Waals surface area contributed by atoms with Crippen molar-refractivity contribution in [1.29, 1.82) is 0 Å². The summed E-state index contributed by atoms with van der Waals surface area (Å²) in [6, 6.07) is 14.9. The van der Waals surface area contributed by atoms with Crippen LogP contribution in [0.15, 0.2) is 59.1 Å². The van der Waals surface area contributed by atoms with Crippen molar-refractivity contribution < 1.29 is 4.39 Å². The summed E-state index contributed by atoms with van der Waals surface area (Å²) in [5.41, 5.74) is 4.38. The minimum absolute atomic E-state index is 0.125. The van der Waals surface area contributed by atoms with Crippen molar-refractivity contribution in [2.24, 2.45) is 7.05 Å². The third-order valence-corrected chi connectivity index (χ3v) is 6.83. The maximum atomic E-state index is 13.1. The van der Waals surface area contributed by atoms with Crippen LogP contribution in [0.2, 0.25) is 0 Å². The van der Waals surface area contributed by atoms with Gasteiger partial charge in [0, 0.05) is 29.3 Å². The highest BCUT2D eigenvalue weighted by Crippen LogP contribution is 2.30. The van der Waals surface area contributed by atoms with Crippen LogP contribution in [0.25, 0.3) is 22.0 Å². The van der Waals surface area contributed by atoms with E-state index in [4.69, 9.17) is 0 Å². The molecule has 0 fully saturated rings. The van der Waals surface area contributed by atoms with E-state index in [2.05, 4.69) is 60.2 Å². The molecule has 0 unspecified atom stereocenters. The van der Waals surface area contributed by atoms with E-state index in [1.54, 1.807) is 35.2 Å². The fourth-order valence-electron chi connectivity index (χ4n) is 3.05. The molecule has 0 amide bonds. The number of halogens is 1. The van der Waals surface area contributed by atoms with Crippen molar-refractivity contribution in [2.75, 3.05) is 0 Å². The van der Waals surface area contributed by atoms with Crippen molar-refractivity contribution in [3.63, 3.8) is 0 Å². The fraction of sp³-hybridized carbons (Fsp3) is 0.261. The van der Waals surface area contributed by atoms with Crippen molar-refractivity contribution in [3.8, 4) is 22.0 Å². The Morgan fingerprint density at radius 1 is 0.967 bits per heavy atom. The third-order valence-electron chi connectivity index (χ3n) is 4.84. The molecule has 2 aromatic heterocycles. The summed E-state index contributed by atoms with van der Waals surface area (Å²) in [6.07, 6.45) is 0. The molecule has 0 aliphatic carbocycles. The van der Waals surface area contributed by atoms with E-state index in [9.17, 15) is 4.39 Å². The van der Waals surface area contributed by atoms with Crippen LogP contribution in [0.4, 0.5) is 4.39 Å². The smallest absolute Gasteiger partial charge is 0.191 e. The lowest BCUT2D eigenvalue weighted by Crippen LogP contribution is -2.10. The first-order chi connectivity index (χ1) is 14.3. The first kappa shape index (κ1) is 20.8. The van der Waals surface area contributed by atoms with Gasteiger partial charge in [0.15, 0.2) is 11.0 Å². The zero-order chi connectivity index (χ0) is 21.3. The summed E-state index contributed by atoms with van der Waals surface area (Å²) in [6.45, 7) is 6.62. The van der Waals surface area contributed by atoms with Crippen molar-refractivity contribution in [2.45, 2.75) is 37.1 Å². The molecule has 2 heterocycles. The molecule has 0 bridgehead atoms. The number of nitrogens with zero attached hydrogens (tertiary/aromatic N) is 4. The van der Waals surface area contributed by atoms with Gasteiger partial charge in [-0.25, -0.2) is 9.37 Å². The highest BCUT2D eigenvalue weighted by Gasteiger charge is 2.16. The Kier molecular flexibility index (Phi) is 5.75. The normalized spacial score (nSPS) is 11.8. The Bertz CT molecular complexity index is 1140. The van der Waals surface area contributed by atoms with Crippen LogP contribution in [0.5, 0.6) is 0 Å². The molecule has 4 nitrogen and oxygen atoms in total. The molecule has 0 aliphatic rings. The maximum absolute atomic E-state index is 13.1. The van der Waals surface area contributed by atoms with Gasteiger partial charge in [-0.1, -0.05) is 56.8 Å². The van der Waals surface area contributed by atoms with E-state index in [0.29, 0.717) is 5.75 Å². The molecular weight excluding hydrogens is 415 g/mol. The molecule has 0 N–H and O–H groups in total. The average molecular weight is 439 g/mol. The minimum Gasteiger partial charge on any atom is -0.305 e. The van der Waals surface area contributed by atoms with E-state index in [0.717, 1.165) is 32.8 Å². The van der Waals surface area contributed by atoms with Gasteiger partial charge in [-0.05, 0) is 35.2 Å². The lowest BCUT2D eigenvalue weighted by Gasteiger charge is -2.19. The quantitative estimate of drug-likeness (QED) is 0.341. The Labute approximate surface area is 184 Å². The van der Waals surface area contributed by atoms with Crippen LogP contribution in [0.1, 0.15) is 32.0 Å². The minimum atomic E-state index is -0.239. The standard InChI is InChI=1S/C23H23FN4S2/c1-23(2,3)17-9-5-15(6-10-17)20-26-27-22(28(20)4)30-14-19-13-29-21(25-19)16-7-11-18(24)12-8-16/h5-13H,14H2,1-4H3. The van der Waals surface area contributed by atoms with Crippen LogP contribution in [0, 0.1) is 5.82 Å². The molecule has 0 saturated heterocycles. The van der Waals surface area contributed by atoms with Crippen molar-refractivity contribution >= 4 is 23.1 Å². The predicted octanol–water partition coefficient (Wildman–Crippen LogP) is 6.33. The second kappa shape index (κ2) is 8.32. The van der Waals surface area contributed by atoms with Gasteiger partial charge in [-0.15, -0.1) is 21.5 Å². The van der Waals surface area contributed by atoms with Gasteiger partial charge in [-0.2, -0.15) is 0 Å². The van der Waals surface area contributed by atoms with Crippen molar-refractivity contribution in [1.82, 2.24) is 19.7 Å². The largest absolute Gasteiger partial charge is 0.305 e. The summed E-state index contributed by atoms with van der Waals surface area (Å²) in [4.78, 5) is 4.67. The van der Waals surface area contributed by atoms with Crippen LogP contribution in [0.3, 0.4) is 0 Å². The summed E-state index contributed by atoms with van der Waals surface area (Å²) in [7, 11) is 1.99. The van der Waals surface area contributed by atoms with Gasteiger partial charge in [0.2, 0.25) is 0 Å². The Hall–Kier alpha value is -2.51. The third kappa shape index (κ3) is 4.47. The topological polar surface area (TPSA) is 43.6 Å². The number of hydrogen-bond acceptors (Lipinski definition) is 5. The van der Waals surface area contributed by atoms with Gasteiger partial charge in [-0.3, -0.25) is 0 Å². The number of aromatic nitrogens is 4. The summed E-state index contributed by atoms with van der Waals surface area (Å²) >= 11 is 3.17. The lowest BCUT2D eigenvalue weighted by molar-refractivity contribution is 0.590. The molecule has 0 saturated carbocycles. The number of benzene rings is 2. The highest BCUT2D eigenvalue weighted by atomic mass is 32.2. The van der Waals surface area contributed by atoms with E-state index in [-0.39, 0.29) is 11.2 Å². The summed E-state index contributed by atoms with van der Waals surface area (Å²) < 4.78 is 15.1. The van der Waals surface area contributed by atoms with Crippen LogP contribution >= 0.6 is 23.1 Å². The summed E-state index contributed by atoms with van der Waals surface area (Å²) in [5.74, 6) is 1.31. The maximum Gasteiger partial charge on any atom is 0.191 e. The molecule has 0 atom stereocenters. The molecule has 0 aliphatic heterocycles.